The number of hydrogen-bond donors (Lipinski definition) is 1. The molecule has 2 nitrogen and oxygen atoms in total. The van der Waals surface area contributed by atoms with E-state index in [0.717, 1.165) is 18.5 Å². The minimum atomic E-state index is 0.659. The molecule has 0 unspecified atom stereocenters. The van der Waals surface area contributed by atoms with Gasteiger partial charge in [-0.3, -0.25) is 4.90 Å². The third kappa shape index (κ3) is 4.12. The largest absolute Gasteiger partial charge is 0.313 e. The SMILES string of the molecule is CC1CC(NCCN(C(C)C)C(C)C)C1. The minimum Gasteiger partial charge on any atom is -0.313 e. The number of nitrogens with one attached hydrogen (secondary N) is 1. The summed E-state index contributed by atoms with van der Waals surface area (Å²) in [5, 5.41) is 3.65. The Bertz CT molecular complexity index is 163. The smallest absolute Gasteiger partial charge is 0.0112 e. The molecule has 2 heteroatoms. The van der Waals surface area contributed by atoms with Crippen molar-refractivity contribution in [1.82, 2.24) is 10.2 Å². The van der Waals surface area contributed by atoms with Gasteiger partial charge in [-0.1, -0.05) is 6.92 Å². The summed E-state index contributed by atoms with van der Waals surface area (Å²) < 4.78 is 0. The van der Waals surface area contributed by atoms with Crippen molar-refractivity contribution in [2.45, 2.75) is 65.6 Å². The molecule has 15 heavy (non-hydrogen) atoms. The Hall–Kier alpha value is -0.0800. The fraction of sp³-hybridized carbons (Fsp3) is 1.00. The van der Waals surface area contributed by atoms with Gasteiger partial charge in [-0.25, -0.2) is 0 Å². The maximum atomic E-state index is 3.65. The van der Waals surface area contributed by atoms with Gasteiger partial charge in [0.05, 0.1) is 0 Å². The van der Waals surface area contributed by atoms with Crippen LogP contribution in [0.5, 0.6) is 0 Å². The molecule has 0 bridgehead atoms. The second-order valence-electron chi connectivity index (χ2n) is 5.65. The second-order valence-corrected chi connectivity index (χ2v) is 5.65. The van der Waals surface area contributed by atoms with Crippen molar-refractivity contribution >= 4 is 0 Å². The first kappa shape index (κ1) is 13.0. The predicted molar refractivity (Wildman–Crippen MR) is 67.2 cm³/mol. The van der Waals surface area contributed by atoms with E-state index >= 15 is 0 Å². The van der Waals surface area contributed by atoms with Crippen LogP contribution in [0.2, 0.25) is 0 Å². The molecule has 0 saturated heterocycles. The summed E-state index contributed by atoms with van der Waals surface area (Å²) in [6, 6.07) is 2.13. The molecule has 1 rings (SSSR count). The Balaban J connectivity index is 2.11. The van der Waals surface area contributed by atoms with Crippen molar-refractivity contribution in [3.05, 3.63) is 0 Å². The van der Waals surface area contributed by atoms with Gasteiger partial charge in [0.2, 0.25) is 0 Å². The summed E-state index contributed by atoms with van der Waals surface area (Å²) in [5.74, 6) is 0.953. The highest BCUT2D eigenvalue weighted by atomic mass is 15.2. The second kappa shape index (κ2) is 5.86. The van der Waals surface area contributed by atoms with E-state index in [0.29, 0.717) is 12.1 Å². The first-order chi connectivity index (χ1) is 7.00. The lowest BCUT2D eigenvalue weighted by Crippen LogP contribution is -2.46. The van der Waals surface area contributed by atoms with Crippen molar-refractivity contribution < 1.29 is 0 Å². The Morgan fingerprint density at radius 1 is 1.13 bits per heavy atom. The number of nitrogens with zero attached hydrogens (tertiary/aromatic N) is 1. The summed E-state index contributed by atoms with van der Waals surface area (Å²) in [6.45, 7) is 13.8. The lowest BCUT2D eigenvalue weighted by molar-refractivity contribution is 0.163. The Morgan fingerprint density at radius 2 is 1.67 bits per heavy atom. The predicted octanol–water partition coefficient (Wildman–Crippen LogP) is 2.49. The molecule has 0 radical (unpaired) electrons. The summed E-state index contributed by atoms with van der Waals surface area (Å²) in [6.07, 6.45) is 2.76. The molecule has 90 valence electrons. The zero-order chi connectivity index (χ0) is 11.4. The number of rotatable bonds is 6. The van der Waals surface area contributed by atoms with Gasteiger partial charge in [-0.2, -0.15) is 0 Å². The molecule has 0 aliphatic heterocycles. The van der Waals surface area contributed by atoms with Crippen molar-refractivity contribution in [3.63, 3.8) is 0 Å². The molecule has 0 aromatic rings. The van der Waals surface area contributed by atoms with Crippen molar-refractivity contribution in [2.75, 3.05) is 13.1 Å². The molecule has 0 heterocycles. The van der Waals surface area contributed by atoms with Crippen LogP contribution in [-0.4, -0.2) is 36.1 Å². The molecule has 0 aromatic heterocycles. The maximum absolute atomic E-state index is 3.65. The van der Waals surface area contributed by atoms with E-state index in [4.69, 9.17) is 0 Å². The summed E-state index contributed by atoms with van der Waals surface area (Å²) in [7, 11) is 0. The van der Waals surface area contributed by atoms with Crippen molar-refractivity contribution in [1.29, 1.82) is 0 Å². The summed E-state index contributed by atoms with van der Waals surface area (Å²) in [4.78, 5) is 2.55. The van der Waals surface area contributed by atoms with E-state index in [9.17, 15) is 0 Å². The quantitative estimate of drug-likeness (QED) is 0.728. The van der Waals surface area contributed by atoms with Gasteiger partial charge in [-0.15, -0.1) is 0 Å². The molecule has 1 fully saturated rings. The molecule has 0 spiro atoms. The normalized spacial score (nSPS) is 26.4. The summed E-state index contributed by atoms with van der Waals surface area (Å²) in [5.41, 5.74) is 0. The van der Waals surface area contributed by atoms with E-state index in [-0.39, 0.29) is 0 Å². The monoisotopic (exact) mass is 212 g/mol. The van der Waals surface area contributed by atoms with Crippen LogP contribution < -0.4 is 5.32 Å². The first-order valence-electron chi connectivity index (χ1n) is 6.49. The fourth-order valence-electron chi connectivity index (χ4n) is 2.58. The van der Waals surface area contributed by atoms with Crippen LogP contribution in [0.1, 0.15) is 47.5 Å². The first-order valence-corrected chi connectivity index (χ1v) is 6.49. The Morgan fingerprint density at radius 3 is 2.07 bits per heavy atom. The lowest BCUT2D eigenvalue weighted by Gasteiger charge is -2.35. The van der Waals surface area contributed by atoms with Gasteiger partial charge in [0.1, 0.15) is 0 Å². The van der Waals surface area contributed by atoms with Crippen molar-refractivity contribution in [3.8, 4) is 0 Å². The van der Waals surface area contributed by atoms with Gasteiger partial charge in [0.25, 0.3) is 0 Å². The van der Waals surface area contributed by atoms with E-state index in [2.05, 4.69) is 44.8 Å². The average Bonchev–Trinajstić information content (AvgIpc) is 2.07. The molecular weight excluding hydrogens is 184 g/mol. The third-order valence-electron chi connectivity index (χ3n) is 3.50. The molecular formula is C13H28N2. The minimum absolute atomic E-state index is 0.659. The molecule has 1 aliphatic carbocycles. The highest BCUT2D eigenvalue weighted by Crippen LogP contribution is 2.25. The third-order valence-corrected chi connectivity index (χ3v) is 3.50. The van der Waals surface area contributed by atoms with Crippen LogP contribution >= 0.6 is 0 Å². The highest BCUT2D eigenvalue weighted by Gasteiger charge is 2.24. The molecule has 0 aromatic carbocycles. The molecule has 0 atom stereocenters. The van der Waals surface area contributed by atoms with Crippen LogP contribution in [0.3, 0.4) is 0 Å². The molecule has 1 N–H and O–H groups in total. The van der Waals surface area contributed by atoms with Gasteiger partial charge in [0.15, 0.2) is 0 Å². The van der Waals surface area contributed by atoms with Crippen LogP contribution in [0.4, 0.5) is 0 Å². The van der Waals surface area contributed by atoms with Gasteiger partial charge in [-0.05, 0) is 46.5 Å². The van der Waals surface area contributed by atoms with Crippen molar-refractivity contribution in [2.24, 2.45) is 5.92 Å². The van der Waals surface area contributed by atoms with E-state index in [1.807, 2.05) is 0 Å². The maximum Gasteiger partial charge on any atom is 0.0112 e. The summed E-state index contributed by atoms with van der Waals surface area (Å²) >= 11 is 0. The zero-order valence-corrected chi connectivity index (χ0v) is 11.1. The topological polar surface area (TPSA) is 15.3 Å². The van der Waals surface area contributed by atoms with Crippen LogP contribution in [0, 0.1) is 5.92 Å². The van der Waals surface area contributed by atoms with Crippen LogP contribution in [0.15, 0.2) is 0 Å². The lowest BCUT2D eigenvalue weighted by atomic mass is 9.82. The zero-order valence-electron chi connectivity index (χ0n) is 11.1. The number of hydrogen-bond acceptors (Lipinski definition) is 2. The van der Waals surface area contributed by atoms with E-state index < -0.39 is 0 Å². The van der Waals surface area contributed by atoms with Gasteiger partial charge < -0.3 is 5.32 Å². The Kier molecular flexibility index (Phi) is 5.07. The fourth-order valence-corrected chi connectivity index (χ4v) is 2.58. The molecule has 1 aliphatic rings. The van der Waals surface area contributed by atoms with Gasteiger partial charge in [0, 0.05) is 31.2 Å². The van der Waals surface area contributed by atoms with Gasteiger partial charge >= 0.3 is 0 Å². The van der Waals surface area contributed by atoms with Crippen LogP contribution in [-0.2, 0) is 0 Å². The molecule has 1 saturated carbocycles. The van der Waals surface area contributed by atoms with E-state index in [1.165, 1.54) is 19.4 Å². The standard InChI is InChI=1S/C13H28N2/c1-10(2)15(11(3)4)7-6-14-13-8-12(5)9-13/h10-14H,6-9H2,1-5H3. The highest BCUT2D eigenvalue weighted by molar-refractivity contribution is 4.82. The van der Waals surface area contributed by atoms with Crippen LogP contribution in [0.25, 0.3) is 0 Å². The van der Waals surface area contributed by atoms with E-state index in [1.54, 1.807) is 0 Å². The Labute approximate surface area is 95.4 Å². The molecule has 0 amide bonds. The average molecular weight is 212 g/mol.